The van der Waals surface area contributed by atoms with Gasteiger partial charge in [0.25, 0.3) is 0 Å². The van der Waals surface area contributed by atoms with Crippen LogP contribution in [0.25, 0.3) is 16.7 Å². The molecular weight excluding hydrogens is 402 g/mol. The molecule has 6 nitrogen and oxygen atoms in total. The fraction of sp³-hybridized carbons (Fsp3) is 0.348. The van der Waals surface area contributed by atoms with Crippen LogP contribution in [0.2, 0.25) is 5.02 Å². The molecule has 0 aliphatic rings. The third kappa shape index (κ3) is 5.19. The summed E-state index contributed by atoms with van der Waals surface area (Å²) >= 11 is 6.06. The van der Waals surface area contributed by atoms with Gasteiger partial charge in [0, 0.05) is 10.6 Å². The van der Waals surface area contributed by atoms with Gasteiger partial charge < -0.3 is 9.84 Å². The van der Waals surface area contributed by atoms with Crippen LogP contribution in [-0.4, -0.2) is 32.7 Å². The Morgan fingerprint density at radius 3 is 2.67 bits per heavy atom. The van der Waals surface area contributed by atoms with Crippen molar-refractivity contribution < 1.29 is 14.6 Å². The smallest absolute Gasteiger partial charge is 0.333 e. The number of carbonyl (C=O) groups excluding carboxylic acids is 1. The van der Waals surface area contributed by atoms with Gasteiger partial charge in [-0.3, -0.25) is 0 Å². The molecule has 0 aliphatic heterocycles. The lowest BCUT2D eigenvalue weighted by Crippen LogP contribution is -2.07. The van der Waals surface area contributed by atoms with Crippen LogP contribution in [0, 0.1) is 0 Å². The maximum absolute atomic E-state index is 11.5. The van der Waals surface area contributed by atoms with E-state index < -0.39 is 0 Å². The zero-order valence-electron chi connectivity index (χ0n) is 17.3. The van der Waals surface area contributed by atoms with E-state index in [2.05, 4.69) is 23.7 Å². The molecule has 3 aromatic rings. The van der Waals surface area contributed by atoms with E-state index in [0.717, 1.165) is 30.4 Å². The molecule has 2 aromatic carbocycles. The molecular formula is C23H26ClN3O3. The van der Waals surface area contributed by atoms with E-state index in [0.29, 0.717) is 46.8 Å². The quantitative estimate of drug-likeness (QED) is 0.289. The fourth-order valence-corrected chi connectivity index (χ4v) is 3.32. The van der Waals surface area contributed by atoms with Crippen molar-refractivity contribution in [2.45, 2.75) is 46.0 Å². The molecule has 0 aliphatic carbocycles. The Bertz CT molecular complexity index is 1070. The van der Waals surface area contributed by atoms with Crippen LogP contribution >= 0.6 is 11.6 Å². The molecule has 0 unspecified atom stereocenters. The lowest BCUT2D eigenvalue weighted by atomic mass is 10.0. The number of nitrogens with zero attached hydrogens (tertiary/aromatic N) is 3. The molecule has 0 saturated carbocycles. The average Bonchev–Trinajstić information content (AvgIpc) is 3.13. The Kier molecular flexibility index (Phi) is 7.11. The number of fused-ring (bicyclic) bond motifs is 1. The van der Waals surface area contributed by atoms with Gasteiger partial charge >= 0.3 is 5.97 Å². The van der Waals surface area contributed by atoms with Gasteiger partial charge in [0.1, 0.15) is 22.5 Å². The van der Waals surface area contributed by atoms with Gasteiger partial charge in [-0.25, -0.2) is 4.79 Å². The summed E-state index contributed by atoms with van der Waals surface area (Å²) in [6.45, 7) is 7.64. The number of halogens is 1. The van der Waals surface area contributed by atoms with Crippen molar-refractivity contribution in [1.29, 1.82) is 0 Å². The lowest BCUT2D eigenvalue weighted by molar-refractivity contribution is -0.139. The first-order valence-corrected chi connectivity index (χ1v) is 10.5. The second kappa shape index (κ2) is 9.76. The molecule has 0 saturated heterocycles. The van der Waals surface area contributed by atoms with Gasteiger partial charge in [0.15, 0.2) is 0 Å². The van der Waals surface area contributed by atoms with Gasteiger partial charge in [0.2, 0.25) is 0 Å². The normalized spacial score (nSPS) is 11.0. The predicted octanol–water partition coefficient (Wildman–Crippen LogP) is 5.17. The van der Waals surface area contributed by atoms with Crippen molar-refractivity contribution in [2.75, 3.05) is 6.61 Å². The average molecular weight is 428 g/mol. The number of phenolic OH excluding ortho intramolecular Hbond substituents is 1. The maximum atomic E-state index is 11.5. The van der Waals surface area contributed by atoms with Crippen LogP contribution in [0.5, 0.6) is 5.75 Å². The van der Waals surface area contributed by atoms with Crippen molar-refractivity contribution >= 4 is 28.6 Å². The number of aromatic hydroxyl groups is 1. The number of phenols is 1. The zero-order valence-corrected chi connectivity index (χ0v) is 18.1. The minimum atomic E-state index is -0.379. The Labute approximate surface area is 181 Å². The molecule has 0 radical (unpaired) electrons. The standard InChI is InChI=1S/C23H26ClN3O3/c1-4-5-8-17-12-16(7-6-11-30-23(29)15(2)3)13-21(22(17)28)27-25-19-10-9-18(24)14-20(19)26-27/h9-10,12-14,28H,2,4-8,11H2,1,3H3. The topological polar surface area (TPSA) is 77.2 Å². The summed E-state index contributed by atoms with van der Waals surface area (Å²) in [4.78, 5) is 13.0. The Hall–Kier alpha value is -2.86. The van der Waals surface area contributed by atoms with Crippen LogP contribution in [-0.2, 0) is 22.4 Å². The molecule has 3 rings (SSSR count). The number of esters is 1. The number of rotatable bonds is 9. The van der Waals surface area contributed by atoms with Gasteiger partial charge in [0.05, 0.1) is 6.61 Å². The highest BCUT2D eigenvalue weighted by molar-refractivity contribution is 6.31. The first-order valence-electron chi connectivity index (χ1n) is 10.1. The van der Waals surface area contributed by atoms with Crippen molar-refractivity contribution in [1.82, 2.24) is 15.0 Å². The number of unbranched alkanes of at least 4 members (excludes halogenated alkanes) is 1. The van der Waals surface area contributed by atoms with E-state index in [1.807, 2.05) is 12.1 Å². The highest BCUT2D eigenvalue weighted by Gasteiger charge is 2.15. The molecule has 7 heteroatoms. The Balaban J connectivity index is 1.87. The summed E-state index contributed by atoms with van der Waals surface area (Å²) in [5.41, 5.74) is 4.17. The Morgan fingerprint density at radius 1 is 1.17 bits per heavy atom. The molecule has 30 heavy (non-hydrogen) atoms. The summed E-state index contributed by atoms with van der Waals surface area (Å²) < 4.78 is 5.18. The molecule has 1 N–H and O–H groups in total. The molecule has 0 amide bonds. The first-order chi connectivity index (χ1) is 14.4. The number of carbonyl (C=O) groups is 1. The molecule has 0 fully saturated rings. The second-order valence-electron chi connectivity index (χ2n) is 7.37. The van der Waals surface area contributed by atoms with Crippen LogP contribution in [0.4, 0.5) is 0 Å². The summed E-state index contributed by atoms with van der Waals surface area (Å²) in [7, 11) is 0. The van der Waals surface area contributed by atoms with Crippen LogP contribution in [0.1, 0.15) is 44.2 Å². The van der Waals surface area contributed by atoms with E-state index in [9.17, 15) is 9.90 Å². The van der Waals surface area contributed by atoms with Crippen LogP contribution in [0.15, 0.2) is 42.5 Å². The number of ether oxygens (including phenoxy) is 1. The largest absolute Gasteiger partial charge is 0.505 e. The molecule has 0 spiro atoms. The van der Waals surface area contributed by atoms with Crippen molar-refractivity contribution in [3.8, 4) is 11.4 Å². The summed E-state index contributed by atoms with van der Waals surface area (Å²) in [6.07, 6.45) is 4.12. The summed E-state index contributed by atoms with van der Waals surface area (Å²) in [5, 5.41) is 20.4. The monoisotopic (exact) mass is 427 g/mol. The van der Waals surface area contributed by atoms with E-state index in [4.69, 9.17) is 16.3 Å². The molecule has 158 valence electrons. The van der Waals surface area contributed by atoms with Crippen molar-refractivity contribution in [3.05, 3.63) is 58.6 Å². The number of hydrogen-bond acceptors (Lipinski definition) is 5. The predicted molar refractivity (Wildman–Crippen MR) is 118 cm³/mol. The van der Waals surface area contributed by atoms with Gasteiger partial charge in [-0.1, -0.05) is 37.6 Å². The molecule has 0 atom stereocenters. The lowest BCUT2D eigenvalue weighted by Gasteiger charge is -2.13. The first kappa shape index (κ1) is 21.8. The number of aryl methyl sites for hydroxylation is 2. The van der Waals surface area contributed by atoms with Gasteiger partial charge in [-0.15, -0.1) is 15.0 Å². The third-order valence-electron chi connectivity index (χ3n) is 4.78. The minimum absolute atomic E-state index is 0.187. The summed E-state index contributed by atoms with van der Waals surface area (Å²) in [6, 6.07) is 9.20. The fourth-order valence-electron chi connectivity index (χ4n) is 3.16. The van der Waals surface area contributed by atoms with Gasteiger partial charge in [-0.2, -0.15) is 0 Å². The van der Waals surface area contributed by atoms with Crippen LogP contribution < -0.4 is 0 Å². The maximum Gasteiger partial charge on any atom is 0.333 e. The zero-order chi connectivity index (χ0) is 21.7. The Morgan fingerprint density at radius 2 is 1.93 bits per heavy atom. The molecule has 1 aromatic heterocycles. The van der Waals surface area contributed by atoms with E-state index in [1.54, 1.807) is 25.1 Å². The highest BCUT2D eigenvalue weighted by atomic mass is 35.5. The van der Waals surface area contributed by atoms with Crippen molar-refractivity contribution in [2.24, 2.45) is 0 Å². The van der Waals surface area contributed by atoms with E-state index in [-0.39, 0.29) is 11.7 Å². The SMILES string of the molecule is C=C(C)C(=O)OCCCc1cc(CCCC)c(O)c(-n2nc3ccc(Cl)cc3n2)c1. The van der Waals surface area contributed by atoms with E-state index >= 15 is 0 Å². The van der Waals surface area contributed by atoms with E-state index in [1.165, 1.54) is 4.80 Å². The number of hydrogen-bond donors (Lipinski definition) is 1. The second-order valence-corrected chi connectivity index (χ2v) is 7.80. The number of aromatic nitrogens is 3. The van der Waals surface area contributed by atoms with Crippen LogP contribution in [0.3, 0.4) is 0 Å². The highest BCUT2D eigenvalue weighted by Crippen LogP contribution is 2.30. The van der Waals surface area contributed by atoms with Gasteiger partial charge in [-0.05, 0) is 68.0 Å². The third-order valence-corrected chi connectivity index (χ3v) is 5.01. The number of benzene rings is 2. The minimum Gasteiger partial charge on any atom is -0.505 e. The molecule has 0 bridgehead atoms. The molecule has 1 heterocycles. The summed E-state index contributed by atoms with van der Waals surface area (Å²) in [5.74, 6) is -0.191. The van der Waals surface area contributed by atoms with Crippen molar-refractivity contribution in [3.63, 3.8) is 0 Å².